The second kappa shape index (κ2) is 7.95. The Bertz CT molecular complexity index is 956. The molecule has 0 aromatic heterocycles. The molecule has 0 radical (unpaired) electrons. The number of phenols is 2. The van der Waals surface area contributed by atoms with E-state index in [2.05, 4.69) is 0 Å². The maximum Gasteiger partial charge on any atom is 0.258 e. The van der Waals surface area contributed by atoms with Gasteiger partial charge in [0, 0.05) is 32.1 Å². The van der Waals surface area contributed by atoms with E-state index in [0.717, 1.165) is 36.5 Å². The number of hydrogen-bond acceptors (Lipinski definition) is 4. The summed E-state index contributed by atoms with van der Waals surface area (Å²) in [6.45, 7) is 1.68. The molecule has 4 rings (SSSR count). The van der Waals surface area contributed by atoms with Crippen molar-refractivity contribution in [3.63, 3.8) is 0 Å². The highest BCUT2D eigenvalue weighted by molar-refractivity contribution is 6.32. The molecule has 2 aliphatic rings. The average Bonchev–Trinajstić information content (AvgIpc) is 2.75. The van der Waals surface area contributed by atoms with Crippen LogP contribution in [0.15, 0.2) is 36.4 Å². The molecule has 1 atom stereocenters. The number of piperidine rings is 1. The van der Waals surface area contributed by atoms with Crippen molar-refractivity contribution in [1.82, 2.24) is 9.80 Å². The number of rotatable bonds is 2. The standard InChI is InChI=1S/C22H23ClN2O4/c23-17-11-16(19(26)12-20(17)27)21(28)25-13-15-7-3-2-6-14(15)10-18(25)22(29)24-8-4-1-5-9-24/h2-3,6-7,11-12,18,26-27H,1,4-5,8-10,13H2/t18-/m1/s1. The zero-order valence-corrected chi connectivity index (χ0v) is 16.7. The van der Waals surface area contributed by atoms with Gasteiger partial charge < -0.3 is 20.0 Å². The molecule has 6 nitrogen and oxygen atoms in total. The highest BCUT2D eigenvalue weighted by Crippen LogP contribution is 2.34. The van der Waals surface area contributed by atoms with Gasteiger partial charge >= 0.3 is 0 Å². The quantitative estimate of drug-likeness (QED) is 0.789. The molecular formula is C22H23ClN2O4. The average molecular weight is 415 g/mol. The summed E-state index contributed by atoms with van der Waals surface area (Å²) in [5.74, 6) is -1.20. The fourth-order valence-electron chi connectivity index (χ4n) is 4.16. The lowest BCUT2D eigenvalue weighted by molar-refractivity contribution is -0.137. The molecule has 29 heavy (non-hydrogen) atoms. The van der Waals surface area contributed by atoms with Gasteiger partial charge in [0.1, 0.15) is 17.5 Å². The van der Waals surface area contributed by atoms with E-state index in [1.54, 1.807) is 0 Å². The second-order valence-electron chi connectivity index (χ2n) is 7.63. The van der Waals surface area contributed by atoms with Crippen molar-refractivity contribution in [2.45, 2.75) is 38.3 Å². The third-order valence-electron chi connectivity index (χ3n) is 5.76. The summed E-state index contributed by atoms with van der Waals surface area (Å²) in [6, 6.07) is 9.44. The Labute approximate surface area is 174 Å². The number of carbonyl (C=O) groups excluding carboxylic acids is 2. The monoisotopic (exact) mass is 414 g/mol. The SMILES string of the molecule is O=C([C@H]1Cc2ccccc2CN1C(=O)c1cc(Cl)c(O)cc1O)N1CCCCC1. The third kappa shape index (κ3) is 3.77. The fourth-order valence-corrected chi connectivity index (χ4v) is 4.32. The van der Waals surface area contributed by atoms with E-state index in [1.165, 1.54) is 11.0 Å². The first-order chi connectivity index (χ1) is 14.0. The predicted molar refractivity (Wildman–Crippen MR) is 109 cm³/mol. The summed E-state index contributed by atoms with van der Waals surface area (Å²) in [4.78, 5) is 30.0. The van der Waals surface area contributed by atoms with E-state index in [0.29, 0.717) is 19.5 Å². The van der Waals surface area contributed by atoms with E-state index in [4.69, 9.17) is 11.6 Å². The van der Waals surface area contributed by atoms with Crippen LogP contribution in [-0.4, -0.2) is 51.0 Å². The summed E-state index contributed by atoms with van der Waals surface area (Å²) in [6.07, 6.45) is 3.48. The number of benzene rings is 2. The van der Waals surface area contributed by atoms with Crippen LogP contribution in [0, 0.1) is 0 Å². The van der Waals surface area contributed by atoms with Gasteiger partial charge in [0.05, 0.1) is 10.6 Å². The highest BCUT2D eigenvalue weighted by atomic mass is 35.5. The van der Waals surface area contributed by atoms with Crippen LogP contribution < -0.4 is 0 Å². The van der Waals surface area contributed by atoms with Crippen molar-refractivity contribution in [2.75, 3.05) is 13.1 Å². The topological polar surface area (TPSA) is 81.1 Å². The number of carbonyl (C=O) groups is 2. The highest BCUT2D eigenvalue weighted by Gasteiger charge is 2.38. The molecule has 0 aliphatic carbocycles. The van der Waals surface area contributed by atoms with Crippen molar-refractivity contribution >= 4 is 23.4 Å². The molecule has 0 saturated carbocycles. The van der Waals surface area contributed by atoms with Gasteiger partial charge in [-0.1, -0.05) is 35.9 Å². The molecule has 7 heteroatoms. The minimum Gasteiger partial charge on any atom is -0.507 e. The van der Waals surface area contributed by atoms with Crippen molar-refractivity contribution in [3.05, 3.63) is 58.1 Å². The number of likely N-dealkylation sites (tertiary alicyclic amines) is 1. The number of aromatic hydroxyl groups is 2. The second-order valence-corrected chi connectivity index (χ2v) is 8.04. The van der Waals surface area contributed by atoms with Crippen molar-refractivity contribution in [3.8, 4) is 11.5 Å². The maximum absolute atomic E-state index is 13.3. The van der Waals surface area contributed by atoms with Crippen LogP contribution in [0.5, 0.6) is 11.5 Å². The number of nitrogens with zero attached hydrogens (tertiary/aromatic N) is 2. The number of amides is 2. The summed E-state index contributed by atoms with van der Waals surface area (Å²) in [5.41, 5.74) is 2.01. The smallest absolute Gasteiger partial charge is 0.258 e. The number of phenolic OH excluding ortho intramolecular Hbond substituents is 2. The minimum atomic E-state index is -0.637. The third-order valence-corrected chi connectivity index (χ3v) is 6.06. The molecule has 152 valence electrons. The number of halogens is 1. The molecule has 2 aromatic rings. The summed E-state index contributed by atoms with van der Waals surface area (Å²) in [7, 11) is 0. The Kier molecular flexibility index (Phi) is 5.37. The van der Waals surface area contributed by atoms with E-state index < -0.39 is 11.9 Å². The normalized spacial score (nSPS) is 19.0. The molecule has 2 amide bonds. The Balaban J connectivity index is 1.70. The first-order valence-electron chi connectivity index (χ1n) is 9.83. The van der Waals surface area contributed by atoms with Gasteiger partial charge in [-0.3, -0.25) is 9.59 Å². The lowest BCUT2D eigenvalue weighted by Crippen LogP contribution is -2.54. The minimum absolute atomic E-state index is 0.0244. The van der Waals surface area contributed by atoms with Gasteiger partial charge in [-0.15, -0.1) is 0 Å². The molecule has 0 spiro atoms. The molecule has 2 aliphatic heterocycles. The first-order valence-corrected chi connectivity index (χ1v) is 10.2. The van der Waals surface area contributed by atoms with Crippen LogP contribution in [0.4, 0.5) is 0 Å². The first kappa shape index (κ1) is 19.6. The van der Waals surface area contributed by atoms with Crippen LogP contribution in [0.3, 0.4) is 0 Å². The van der Waals surface area contributed by atoms with Crippen LogP contribution in [0.1, 0.15) is 40.7 Å². The van der Waals surface area contributed by atoms with Gasteiger partial charge in [-0.2, -0.15) is 0 Å². The predicted octanol–water partition coefficient (Wildman–Crippen LogP) is 3.33. The molecule has 0 bridgehead atoms. The molecule has 2 heterocycles. The fraction of sp³-hybridized carbons (Fsp3) is 0.364. The molecule has 2 N–H and O–H groups in total. The number of fused-ring (bicyclic) bond motifs is 1. The molecule has 0 unspecified atom stereocenters. The van der Waals surface area contributed by atoms with Crippen LogP contribution in [-0.2, 0) is 17.8 Å². The molecular weight excluding hydrogens is 392 g/mol. The Morgan fingerprint density at radius 3 is 2.38 bits per heavy atom. The van der Waals surface area contributed by atoms with Crippen LogP contribution in [0.25, 0.3) is 0 Å². The van der Waals surface area contributed by atoms with Crippen molar-refractivity contribution in [1.29, 1.82) is 0 Å². The van der Waals surface area contributed by atoms with Gasteiger partial charge in [0.15, 0.2) is 0 Å². The summed E-state index contributed by atoms with van der Waals surface area (Å²) in [5, 5.41) is 19.9. The zero-order valence-electron chi connectivity index (χ0n) is 16.0. The van der Waals surface area contributed by atoms with Gasteiger partial charge in [-0.25, -0.2) is 0 Å². The summed E-state index contributed by atoms with van der Waals surface area (Å²) >= 11 is 5.96. The largest absolute Gasteiger partial charge is 0.507 e. The maximum atomic E-state index is 13.3. The lowest BCUT2D eigenvalue weighted by Gasteiger charge is -2.39. The zero-order chi connectivity index (χ0) is 20.5. The van der Waals surface area contributed by atoms with Crippen LogP contribution in [0.2, 0.25) is 5.02 Å². The lowest BCUT2D eigenvalue weighted by atomic mass is 9.92. The van der Waals surface area contributed by atoms with E-state index in [1.807, 2.05) is 29.2 Å². The van der Waals surface area contributed by atoms with Gasteiger partial charge in [-0.05, 0) is 36.5 Å². The van der Waals surface area contributed by atoms with Crippen molar-refractivity contribution < 1.29 is 19.8 Å². The molecule has 1 saturated heterocycles. The molecule has 1 fully saturated rings. The molecule has 2 aromatic carbocycles. The summed E-state index contributed by atoms with van der Waals surface area (Å²) < 4.78 is 0. The van der Waals surface area contributed by atoms with E-state index >= 15 is 0 Å². The Morgan fingerprint density at radius 1 is 0.966 bits per heavy atom. The number of hydrogen-bond donors (Lipinski definition) is 2. The van der Waals surface area contributed by atoms with Crippen LogP contribution >= 0.6 is 11.6 Å². The van der Waals surface area contributed by atoms with Crippen molar-refractivity contribution in [2.24, 2.45) is 0 Å². The van der Waals surface area contributed by atoms with E-state index in [-0.39, 0.29) is 34.5 Å². The Hall–Kier alpha value is -2.73. The van der Waals surface area contributed by atoms with E-state index in [9.17, 15) is 19.8 Å². The van der Waals surface area contributed by atoms with Gasteiger partial charge in [0.25, 0.3) is 5.91 Å². The van der Waals surface area contributed by atoms with Gasteiger partial charge in [0.2, 0.25) is 5.91 Å². The Morgan fingerprint density at radius 2 is 1.66 bits per heavy atom.